The molecule has 2 heterocycles. The lowest BCUT2D eigenvalue weighted by Crippen LogP contribution is -2.43. The van der Waals surface area contributed by atoms with Gasteiger partial charge in [0, 0.05) is 35.6 Å². The topological polar surface area (TPSA) is 91.3 Å². The van der Waals surface area contributed by atoms with Crippen LogP contribution >= 0.6 is 0 Å². The normalized spacial score (nSPS) is 12.8. The van der Waals surface area contributed by atoms with Crippen LogP contribution in [0.4, 0.5) is 10.5 Å². The number of urea groups is 1. The van der Waals surface area contributed by atoms with Gasteiger partial charge < -0.3 is 15.6 Å². The van der Waals surface area contributed by atoms with E-state index in [-0.39, 0.29) is 17.1 Å². The van der Waals surface area contributed by atoms with Crippen molar-refractivity contribution in [2.45, 2.75) is 32.7 Å². The standard InChI is InChI=1S/C18H19N5O2/c1-18(2,3)22-17(25)20-11-4-5-12-10(8-11)9-13-14(12)21-16(24)15-19-6-7-23(13)15/h4-8H,9H2,1-3H3,(H,21,24)(H2,20,22,25). The van der Waals surface area contributed by atoms with Crippen LogP contribution in [0.2, 0.25) is 0 Å². The van der Waals surface area contributed by atoms with Crippen molar-refractivity contribution in [1.29, 1.82) is 0 Å². The van der Waals surface area contributed by atoms with Gasteiger partial charge in [0.2, 0.25) is 5.65 Å². The van der Waals surface area contributed by atoms with Gasteiger partial charge in [-0.25, -0.2) is 9.78 Å². The number of nitrogens with zero attached hydrogens (tertiary/aromatic N) is 2. The average Bonchev–Trinajstić information content (AvgIpc) is 3.09. The van der Waals surface area contributed by atoms with Crippen molar-refractivity contribution in [2.24, 2.45) is 0 Å². The van der Waals surface area contributed by atoms with Crippen LogP contribution in [-0.4, -0.2) is 25.9 Å². The molecule has 0 saturated heterocycles. The Hall–Kier alpha value is -3.09. The molecule has 0 spiro atoms. The molecule has 3 aromatic rings. The lowest BCUT2D eigenvalue weighted by atomic mass is 10.1. The van der Waals surface area contributed by atoms with Gasteiger partial charge in [0.05, 0.1) is 11.4 Å². The number of carbonyl (C=O) groups excluding carboxylic acids is 1. The molecule has 1 aliphatic rings. The number of anilines is 1. The summed E-state index contributed by atoms with van der Waals surface area (Å²) in [4.78, 5) is 31.2. The molecule has 4 rings (SSSR count). The van der Waals surface area contributed by atoms with Crippen molar-refractivity contribution in [3.63, 3.8) is 0 Å². The van der Waals surface area contributed by atoms with E-state index in [1.807, 2.05) is 43.4 Å². The molecule has 0 saturated carbocycles. The predicted molar refractivity (Wildman–Crippen MR) is 96.0 cm³/mol. The molecule has 0 fully saturated rings. The molecular formula is C18H19N5O2. The molecule has 7 heteroatoms. The Bertz CT molecular complexity index is 1060. The van der Waals surface area contributed by atoms with Gasteiger partial charge in [-0.1, -0.05) is 6.07 Å². The molecular weight excluding hydrogens is 318 g/mol. The summed E-state index contributed by atoms with van der Waals surface area (Å²) in [5.74, 6) is 0. The smallest absolute Gasteiger partial charge is 0.319 e. The van der Waals surface area contributed by atoms with Gasteiger partial charge in [-0.3, -0.25) is 9.20 Å². The molecule has 2 aromatic heterocycles. The number of imidazole rings is 1. The van der Waals surface area contributed by atoms with E-state index in [2.05, 4.69) is 20.6 Å². The lowest BCUT2D eigenvalue weighted by molar-refractivity contribution is 0.244. The van der Waals surface area contributed by atoms with Crippen molar-refractivity contribution in [1.82, 2.24) is 19.7 Å². The number of fused-ring (bicyclic) bond motifs is 5. The molecule has 0 atom stereocenters. The molecule has 1 aliphatic carbocycles. The van der Waals surface area contributed by atoms with Crippen LogP contribution in [0.1, 0.15) is 32.0 Å². The summed E-state index contributed by atoms with van der Waals surface area (Å²) < 4.78 is 1.83. The number of hydrogen-bond acceptors (Lipinski definition) is 3. The monoisotopic (exact) mass is 337 g/mol. The van der Waals surface area contributed by atoms with E-state index in [1.54, 1.807) is 12.4 Å². The Morgan fingerprint density at radius 3 is 2.88 bits per heavy atom. The summed E-state index contributed by atoms with van der Waals surface area (Å²) in [5, 5.41) is 5.73. The summed E-state index contributed by atoms with van der Waals surface area (Å²) in [7, 11) is 0. The zero-order valence-electron chi connectivity index (χ0n) is 14.3. The molecule has 0 aliphatic heterocycles. The third-order valence-electron chi connectivity index (χ3n) is 4.14. The SMILES string of the molecule is CC(C)(C)NC(=O)Nc1ccc2c(c1)Cc1c-2[nH]c(=O)c2nccn12. The minimum Gasteiger partial charge on any atom is -0.333 e. The highest BCUT2D eigenvalue weighted by Crippen LogP contribution is 2.35. The van der Waals surface area contributed by atoms with Crippen molar-refractivity contribution in [3.8, 4) is 11.3 Å². The number of aromatic nitrogens is 3. The fourth-order valence-electron chi connectivity index (χ4n) is 3.19. The molecule has 2 amide bonds. The second-order valence-corrected chi connectivity index (χ2v) is 7.27. The van der Waals surface area contributed by atoms with E-state index in [9.17, 15) is 9.59 Å². The Morgan fingerprint density at radius 1 is 1.32 bits per heavy atom. The highest BCUT2D eigenvalue weighted by atomic mass is 16.2. The number of rotatable bonds is 1. The van der Waals surface area contributed by atoms with Crippen molar-refractivity contribution < 1.29 is 4.79 Å². The molecule has 0 radical (unpaired) electrons. The Labute approximate surface area is 144 Å². The number of carbonyl (C=O) groups is 1. The van der Waals surface area contributed by atoms with Crippen molar-refractivity contribution >= 4 is 17.4 Å². The number of H-pyrrole nitrogens is 1. The zero-order valence-corrected chi connectivity index (χ0v) is 14.3. The number of aromatic amines is 1. The van der Waals surface area contributed by atoms with Crippen LogP contribution < -0.4 is 16.2 Å². The fraction of sp³-hybridized carbons (Fsp3) is 0.278. The van der Waals surface area contributed by atoms with Gasteiger partial charge >= 0.3 is 6.03 Å². The minimum absolute atomic E-state index is 0.205. The maximum Gasteiger partial charge on any atom is 0.319 e. The van der Waals surface area contributed by atoms with Gasteiger partial charge in [0.15, 0.2) is 0 Å². The minimum atomic E-state index is -0.302. The quantitative estimate of drug-likeness (QED) is 0.498. The second kappa shape index (κ2) is 5.20. The maximum absolute atomic E-state index is 12.2. The van der Waals surface area contributed by atoms with Crippen LogP contribution in [0.15, 0.2) is 35.4 Å². The van der Waals surface area contributed by atoms with E-state index in [4.69, 9.17) is 0 Å². The van der Waals surface area contributed by atoms with E-state index in [0.29, 0.717) is 12.1 Å². The van der Waals surface area contributed by atoms with Gasteiger partial charge in [-0.2, -0.15) is 0 Å². The summed E-state index contributed by atoms with van der Waals surface area (Å²) in [6.45, 7) is 5.79. The van der Waals surface area contributed by atoms with Crippen molar-refractivity contribution in [2.75, 3.05) is 5.32 Å². The number of hydrogen-bond donors (Lipinski definition) is 3. The van der Waals surface area contributed by atoms with Crippen LogP contribution in [0.25, 0.3) is 16.9 Å². The molecule has 0 unspecified atom stereocenters. The van der Waals surface area contributed by atoms with E-state index >= 15 is 0 Å². The molecule has 128 valence electrons. The highest BCUT2D eigenvalue weighted by Gasteiger charge is 2.24. The summed E-state index contributed by atoms with van der Waals surface area (Å²) in [6, 6.07) is 5.46. The lowest BCUT2D eigenvalue weighted by Gasteiger charge is -2.20. The largest absolute Gasteiger partial charge is 0.333 e. The third kappa shape index (κ3) is 2.67. The zero-order chi connectivity index (χ0) is 17.8. The van der Waals surface area contributed by atoms with Crippen LogP contribution in [0, 0.1) is 0 Å². The predicted octanol–water partition coefficient (Wildman–Crippen LogP) is 2.51. The Kier molecular flexibility index (Phi) is 3.21. The maximum atomic E-state index is 12.2. The first-order valence-electron chi connectivity index (χ1n) is 8.12. The second-order valence-electron chi connectivity index (χ2n) is 7.27. The summed E-state index contributed by atoms with van der Waals surface area (Å²) in [5.41, 5.74) is 4.46. The Balaban J connectivity index is 1.68. The summed E-state index contributed by atoms with van der Waals surface area (Å²) >= 11 is 0. The van der Waals surface area contributed by atoms with Gasteiger partial charge in [0.25, 0.3) is 5.56 Å². The van der Waals surface area contributed by atoms with E-state index < -0.39 is 0 Å². The van der Waals surface area contributed by atoms with E-state index in [1.165, 1.54) is 0 Å². The highest BCUT2D eigenvalue weighted by molar-refractivity contribution is 5.90. The third-order valence-corrected chi connectivity index (χ3v) is 4.14. The number of nitrogens with one attached hydrogen (secondary N) is 3. The van der Waals surface area contributed by atoms with Gasteiger partial charge in [-0.15, -0.1) is 0 Å². The van der Waals surface area contributed by atoms with Crippen LogP contribution in [0.3, 0.4) is 0 Å². The summed E-state index contributed by atoms with van der Waals surface area (Å²) in [6.07, 6.45) is 4.09. The molecule has 1 aromatic carbocycles. The Morgan fingerprint density at radius 2 is 2.12 bits per heavy atom. The van der Waals surface area contributed by atoms with Crippen molar-refractivity contribution in [3.05, 3.63) is 52.2 Å². The molecule has 25 heavy (non-hydrogen) atoms. The first kappa shape index (κ1) is 15.4. The molecule has 3 N–H and O–H groups in total. The number of amides is 2. The van der Waals surface area contributed by atoms with Gasteiger partial charge in [0.1, 0.15) is 0 Å². The number of benzene rings is 1. The molecule has 7 nitrogen and oxygen atoms in total. The molecule has 0 bridgehead atoms. The van der Waals surface area contributed by atoms with E-state index in [0.717, 1.165) is 28.2 Å². The fourth-order valence-corrected chi connectivity index (χ4v) is 3.19. The van der Waals surface area contributed by atoms with Crippen LogP contribution in [-0.2, 0) is 6.42 Å². The first-order chi connectivity index (χ1) is 11.8. The first-order valence-corrected chi connectivity index (χ1v) is 8.12. The van der Waals surface area contributed by atoms with Crippen LogP contribution in [0.5, 0.6) is 0 Å². The van der Waals surface area contributed by atoms with Gasteiger partial charge in [-0.05, 0) is 38.5 Å². The average molecular weight is 337 g/mol.